The molecule has 0 spiro atoms. The number of benzene rings is 1. The molecule has 2 rings (SSSR count). The van der Waals surface area contributed by atoms with Crippen LogP contribution in [0.3, 0.4) is 0 Å². The minimum Gasteiger partial charge on any atom is -0.329 e. The van der Waals surface area contributed by atoms with Crippen molar-refractivity contribution in [3.8, 4) is 0 Å². The summed E-state index contributed by atoms with van der Waals surface area (Å²) in [5.41, 5.74) is 4.92. The summed E-state index contributed by atoms with van der Waals surface area (Å²) in [6.45, 7) is 5.06. The van der Waals surface area contributed by atoms with E-state index in [-0.39, 0.29) is 0 Å². The zero-order valence-corrected chi connectivity index (χ0v) is 12.1. The summed E-state index contributed by atoms with van der Waals surface area (Å²) in [6, 6.07) is 10.6. The molecule has 0 fully saturated rings. The van der Waals surface area contributed by atoms with Crippen LogP contribution in [0, 0.1) is 13.8 Å². The number of hydrogen-bond donors (Lipinski definition) is 1. The number of aromatic nitrogens is 1. The van der Waals surface area contributed by atoms with Gasteiger partial charge >= 0.3 is 0 Å². The third kappa shape index (κ3) is 3.12. The van der Waals surface area contributed by atoms with Crippen molar-refractivity contribution in [3.05, 3.63) is 53.2 Å². The van der Waals surface area contributed by atoms with Crippen LogP contribution in [0.15, 0.2) is 36.5 Å². The number of hydrogen-bond acceptors (Lipinski definition) is 3. The first-order chi connectivity index (χ1) is 9.11. The van der Waals surface area contributed by atoms with Crippen LogP contribution in [-0.4, -0.2) is 19.1 Å². The standard InChI is InChI=1S/C16H21N3/c1-12-8-13(2)10-15(9-12)19(4)16-14(11-17-3)6-5-7-18-16/h5-10,17H,11H2,1-4H3. The van der Waals surface area contributed by atoms with E-state index < -0.39 is 0 Å². The van der Waals surface area contributed by atoms with E-state index in [2.05, 4.69) is 60.4 Å². The summed E-state index contributed by atoms with van der Waals surface area (Å²) in [6.07, 6.45) is 1.84. The maximum atomic E-state index is 4.52. The van der Waals surface area contributed by atoms with Crippen molar-refractivity contribution in [3.63, 3.8) is 0 Å². The normalized spacial score (nSPS) is 10.5. The molecule has 1 aromatic heterocycles. The Balaban J connectivity index is 2.40. The molecule has 100 valence electrons. The second kappa shape index (κ2) is 5.85. The molecule has 0 saturated carbocycles. The lowest BCUT2D eigenvalue weighted by atomic mass is 10.1. The highest BCUT2D eigenvalue weighted by molar-refractivity contribution is 5.63. The maximum Gasteiger partial charge on any atom is 0.137 e. The SMILES string of the molecule is CNCc1cccnc1N(C)c1cc(C)cc(C)c1. The van der Waals surface area contributed by atoms with Gasteiger partial charge in [-0.1, -0.05) is 12.1 Å². The summed E-state index contributed by atoms with van der Waals surface area (Å²) in [5, 5.41) is 3.19. The van der Waals surface area contributed by atoms with Gasteiger partial charge in [-0.3, -0.25) is 0 Å². The van der Waals surface area contributed by atoms with Gasteiger partial charge in [0.15, 0.2) is 0 Å². The molecule has 0 aliphatic rings. The number of aryl methyl sites for hydroxylation is 2. The lowest BCUT2D eigenvalue weighted by molar-refractivity contribution is 0.810. The Bertz CT molecular complexity index is 543. The quantitative estimate of drug-likeness (QED) is 0.909. The van der Waals surface area contributed by atoms with E-state index in [0.29, 0.717) is 0 Å². The smallest absolute Gasteiger partial charge is 0.137 e. The van der Waals surface area contributed by atoms with Crippen LogP contribution in [0.1, 0.15) is 16.7 Å². The molecule has 0 saturated heterocycles. The molecular formula is C16H21N3. The van der Waals surface area contributed by atoms with E-state index in [0.717, 1.165) is 12.4 Å². The molecule has 3 nitrogen and oxygen atoms in total. The Morgan fingerprint density at radius 3 is 2.47 bits per heavy atom. The molecule has 1 N–H and O–H groups in total. The van der Waals surface area contributed by atoms with Gasteiger partial charge in [0.2, 0.25) is 0 Å². The van der Waals surface area contributed by atoms with E-state index in [4.69, 9.17) is 0 Å². The minimum atomic E-state index is 0.818. The van der Waals surface area contributed by atoms with Crippen LogP contribution in [0.2, 0.25) is 0 Å². The zero-order chi connectivity index (χ0) is 13.8. The fourth-order valence-electron chi connectivity index (χ4n) is 2.33. The molecule has 19 heavy (non-hydrogen) atoms. The highest BCUT2D eigenvalue weighted by Crippen LogP contribution is 2.26. The van der Waals surface area contributed by atoms with Crippen molar-refractivity contribution < 1.29 is 0 Å². The minimum absolute atomic E-state index is 0.818. The van der Waals surface area contributed by atoms with Crippen LogP contribution in [0.25, 0.3) is 0 Å². The van der Waals surface area contributed by atoms with E-state index in [9.17, 15) is 0 Å². The third-order valence-electron chi connectivity index (χ3n) is 3.15. The molecule has 3 heteroatoms. The van der Waals surface area contributed by atoms with Gasteiger partial charge < -0.3 is 10.2 Å². The zero-order valence-electron chi connectivity index (χ0n) is 12.1. The highest BCUT2D eigenvalue weighted by atomic mass is 15.2. The molecular weight excluding hydrogens is 234 g/mol. The predicted molar refractivity (Wildman–Crippen MR) is 81.0 cm³/mol. The van der Waals surface area contributed by atoms with Gasteiger partial charge in [-0.25, -0.2) is 4.98 Å². The lowest BCUT2D eigenvalue weighted by Gasteiger charge is -2.22. The fraction of sp³-hybridized carbons (Fsp3) is 0.312. The molecule has 0 aliphatic heterocycles. The van der Waals surface area contributed by atoms with E-state index in [1.807, 2.05) is 19.3 Å². The van der Waals surface area contributed by atoms with E-state index in [1.54, 1.807) is 0 Å². The average Bonchev–Trinajstić information content (AvgIpc) is 2.38. The van der Waals surface area contributed by atoms with Gasteiger partial charge in [0.25, 0.3) is 0 Å². The van der Waals surface area contributed by atoms with Crippen LogP contribution >= 0.6 is 0 Å². The van der Waals surface area contributed by atoms with Gasteiger partial charge in [-0.2, -0.15) is 0 Å². The number of anilines is 2. The summed E-state index contributed by atoms with van der Waals surface area (Å²) >= 11 is 0. The Morgan fingerprint density at radius 2 is 1.84 bits per heavy atom. The number of pyridine rings is 1. The van der Waals surface area contributed by atoms with Crippen LogP contribution in [-0.2, 0) is 6.54 Å². The molecule has 2 aromatic rings. The van der Waals surface area contributed by atoms with Gasteiger partial charge in [-0.05, 0) is 50.2 Å². The Kier molecular flexibility index (Phi) is 4.17. The third-order valence-corrected chi connectivity index (χ3v) is 3.15. The first-order valence-corrected chi connectivity index (χ1v) is 6.52. The summed E-state index contributed by atoms with van der Waals surface area (Å²) in [7, 11) is 4.02. The Morgan fingerprint density at radius 1 is 1.16 bits per heavy atom. The van der Waals surface area contributed by atoms with Crippen molar-refractivity contribution in [1.82, 2.24) is 10.3 Å². The lowest BCUT2D eigenvalue weighted by Crippen LogP contribution is -2.16. The summed E-state index contributed by atoms with van der Waals surface area (Å²) in [5.74, 6) is 1.00. The monoisotopic (exact) mass is 255 g/mol. The molecule has 1 heterocycles. The average molecular weight is 255 g/mol. The molecule has 0 amide bonds. The number of nitrogens with zero attached hydrogens (tertiary/aromatic N) is 2. The van der Waals surface area contributed by atoms with Crippen molar-refractivity contribution in [2.45, 2.75) is 20.4 Å². The van der Waals surface area contributed by atoms with Gasteiger partial charge in [0, 0.05) is 31.0 Å². The number of rotatable bonds is 4. The second-order valence-electron chi connectivity index (χ2n) is 4.92. The van der Waals surface area contributed by atoms with Crippen molar-refractivity contribution >= 4 is 11.5 Å². The van der Waals surface area contributed by atoms with E-state index in [1.165, 1.54) is 22.4 Å². The molecule has 0 aliphatic carbocycles. The van der Waals surface area contributed by atoms with Crippen molar-refractivity contribution in [1.29, 1.82) is 0 Å². The predicted octanol–water partition coefficient (Wildman–Crippen LogP) is 3.19. The van der Waals surface area contributed by atoms with E-state index >= 15 is 0 Å². The summed E-state index contributed by atoms with van der Waals surface area (Å²) < 4.78 is 0. The topological polar surface area (TPSA) is 28.2 Å². The highest BCUT2D eigenvalue weighted by Gasteiger charge is 2.10. The second-order valence-corrected chi connectivity index (χ2v) is 4.92. The van der Waals surface area contributed by atoms with Gasteiger partial charge in [0.05, 0.1) is 0 Å². The largest absolute Gasteiger partial charge is 0.329 e. The molecule has 0 atom stereocenters. The fourth-order valence-corrected chi connectivity index (χ4v) is 2.33. The maximum absolute atomic E-state index is 4.52. The first-order valence-electron chi connectivity index (χ1n) is 6.52. The molecule has 0 radical (unpaired) electrons. The molecule has 1 aromatic carbocycles. The molecule has 0 bridgehead atoms. The van der Waals surface area contributed by atoms with Gasteiger partial charge in [-0.15, -0.1) is 0 Å². The summed E-state index contributed by atoms with van der Waals surface area (Å²) in [4.78, 5) is 6.66. The number of nitrogens with one attached hydrogen (secondary N) is 1. The van der Waals surface area contributed by atoms with Crippen LogP contribution in [0.4, 0.5) is 11.5 Å². The van der Waals surface area contributed by atoms with Crippen molar-refractivity contribution in [2.75, 3.05) is 19.0 Å². The molecule has 0 unspecified atom stereocenters. The van der Waals surface area contributed by atoms with Gasteiger partial charge in [0.1, 0.15) is 5.82 Å². The van der Waals surface area contributed by atoms with Crippen LogP contribution < -0.4 is 10.2 Å². The Labute approximate surface area is 115 Å². The van der Waals surface area contributed by atoms with Crippen molar-refractivity contribution in [2.24, 2.45) is 0 Å². The first kappa shape index (κ1) is 13.6. The Hall–Kier alpha value is -1.87. The van der Waals surface area contributed by atoms with Crippen LogP contribution in [0.5, 0.6) is 0 Å².